The quantitative estimate of drug-likeness (QED) is 0.716. The molecule has 7 heteroatoms. The molecule has 0 aliphatic carbocycles. The highest BCUT2D eigenvalue weighted by molar-refractivity contribution is 6.31. The molecule has 1 aliphatic rings. The maximum Gasteiger partial charge on any atom is 0.330 e. The van der Waals surface area contributed by atoms with Gasteiger partial charge in [0, 0.05) is 36.3 Å². The van der Waals surface area contributed by atoms with Crippen LogP contribution in [0.3, 0.4) is 0 Å². The fourth-order valence-electron chi connectivity index (χ4n) is 2.20. The first kappa shape index (κ1) is 17.0. The van der Waals surface area contributed by atoms with E-state index in [2.05, 4.69) is 21.5 Å². The van der Waals surface area contributed by atoms with Crippen LogP contribution in [-0.4, -0.2) is 22.6 Å². The molecule has 6 nitrogen and oxygen atoms in total. The number of amides is 1. The van der Waals surface area contributed by atoms with Gasteiger partial charge in [0.1, 0.15) is 0 Å². The van der Waals surface area contributed by atoms with E-state index in [1.165, 1.54) is 0 Å². The maximum atomic E-state index is 12.0. The summed E-state index contributed by atoms with van der Waals surface area (Å²) in [6.45, 7) is 0. The van der Waals surface area contributed by atoms with Crippen molar-refractivity contribution in [2.45, 2.75) is 37.4 Å². The Kier molecular flexibility index (Phi) is 5.35. The molecular formula is C16H16ClN3O3. The van der Waals surface area contributed by atoms with E-state index in [0.29, 0.717) is 24.8 Å². The van der Waals surface area contributed by atoms with Crippen LogP contribution in [0, 0.1) is 12.3 Å². The molecule has 1 amide bonds. The minimum Gasteiger partial charge on any atom is -0.479 e. The smallest absolute Gasteiger partial charge is 0.330 e. The van der Waals surface area contributed by atoms with Gasteiger partial charge in [-0.3, -0.25) is 4.79 Å². The zero-order chi connectivity index (χ0) is 16.9. The summed E-state index contributed by atoms with van der Waals surface area (Å²) in [5.74, 6) is 0.948. The molecule has 0 saturated heterocycles. The minimum atomic E-state index is -1.19. The third-order valence-electron chi connectivity index (χ3n) is 3.57. The van der Waals surface area contributed by atoms with Crippen LogP contribution in [0.5, 0.6) is 0 Å². The SMILES string of the molecule is C#CCCC1(CCC(=O)NC(C(=O)O)c2ccccc2Cl)N=N1. The van der Waals surface area contributed by atoms with Gasteiger partial charge in [0.15, 0.2) is 11.7 Å². The van der Waals surface area contributed by atoms with E-state index < -0.39 is 23.6 Å². The molecule has 0 fully saturated rings. The third kappa shape index (κ3) is 4.54. The Morgan fingerprint density at radius 1 is 1.35 bits per heavy atom. The summed E-state index contributed by atoms with van der Waals surface area (Å²) < 4.78 is 0. The van der Waals surface area contributed by atoms with Gasteiger partial charge >= 0.3 is 5.97 Å². The van der Waals surface area contributed by atoms with E-state index in [-0.39, 0.29) is 11.4 Å². The summed E-state index contributed by atoms with van der Waals surface area (Å²) >= 11 is 6.00. The molecule has 2 N–H and O–H groups in total. The number of carboxylic acids is 1. The van der Waals surface area contributed by atoms with E-state index in [1.54, 1.807) is 24.3 Å². The van der Waals surface area contributed by atoms with Crippen molar-refractivity contribution in [1.29, 1.82) is 0 Å². The number of carbonyl (C=O) groups is 2. The molecular weight excluding hydrogens is 318 g/mol. The lowest BCUT2D eigenvalue weighted by Crippen LogP contribution is -2.34. The summed E-state index contributed by atoms with van der Waals surface area (Å²) in [5.41, 5.74) is -0.217. The van der Waals surface area contributed by atoms with Gasteiger partial charge in [-0.2, -0.15) is 10.2 Å². The number of aliphatic carboxylic acids is 1. The zero-order valence-electron chi connectivity index (χ0n) is 12.3. The van der Waals surface area contributed by atoms with Crippen LogP contribution < -0.4 is 5.32 Å². The van der Waals surface area contributed by atoms with Crippen molar-refractivity contribution in [1.82, 2.24) is 5.32 Å². The van der Waals surface area contributed by atoms with Crippen LogP contribution in [-0.2, 0) is 9.59 Å². The Bertz CT molecular complexity index is 675. The number of nitrogens with zero attached hydrogens (tertiary/aromatic N) is 2. The minimum absolute atomic E-state index is 0.117. The molecule has 1 heterocycles. The van der Waals surface area contributed by atoms with Crippen molar-refractivity contribution >= 4 is 23.5 Å². The molecule has 0 spiro atoms. The number of carboxylic acid groups (broad SMARTS) is 1. The summed E-state index contributed by atoms with van der Waals surface area (Å²) in [4.78, 5) is 23.5. The first-order chi connectivity index (χ1) is 11.0. The molecule has 1 aliphatic heterocycles. The maximum absolute atomic E-state index is 12.0. The van der Waals surface area contributed by atoms with E-state index in [1.807, 2.05) is 0 Å². The average molecular weight is 334 g/mol. The summed E-state index contributed by atoms with van der Waals surface area (Å²) in [5, 5.41) is 20.0. The summed E-state index contributed by atoms with van der Waals surface area (Å²) in [6.07, 6.45) is 6.87. The second kappa shape index (κ2) is 7.25. The number of hydrogen-bond donors (Lipinski definition) is 2. The first-order valence-electron chi connectivity index (χ1n) is 7.11. The van der Waals surface area contributed by atoms with Gasteiger partial charge in [-0.1, -0.05) is 29.8 Å². The van der Waals surface area contributed by atoms with Crippen LogP contribution in [0.15, 0.2) is 34.5 Å². The number of rotatable bonds is 8. The summed E-state index contributed by atoms with van der Waals surface area (Å²) in [6, 6.07) is 5.32. The molecule has 1 aromatic carbocycles. The molecule has 1 aromatic rings. The van der Waals surface area contributed by atoms with Gasteiger partial charge in [0.25, 0.3) is 0 Å². The summed E-state index contributed by atoms with van der Waals surface area (Å²) in [7, 11) is 0. The highest BCUT2D eigenvalue weighted by atomic mass is 35.5. The molecule has 0 aromatic heterocycles. The van der Waals surface area contributed by atoms with Crippen LogP contribution in [0.25, 0.3) is 0 Å². The van der Waals surface area contributed by atoms with Crippen LogP contribution in [0.4, 0.5) is 0 Å². The van der Waals surface area contributed by atoms with Crippen molar-refractivity contribution in [2.24, 2.45) is 10.2 Å². The van der Waals surface area contributed by atoms with Crippen molar-refractivity contribution in [2.75, 3.05) is 0 Å². The lowest BCUT2D eigenvalue weighted by Gasteiger charge is -2.16. The zero-order valence-corrected chi connectivity index (χ0v) is 13.1. The van der Waals surface area contributed by atoms with Gasteiger partial charge in [0.05, 0.1) is 0 Å². The predicted octanol–water partition coefficient (Wildman–Crippen LogP) is 2.94. The first-order valence-corrected chi connectivity index (χ1v) is 7.49. The predicted molar refractivity (Wildman–Crippen MR) is 84.9 cm³/mol. The Morgan fingerprint density at radius 2 is 2.04 bits per heavy atom. The highest BCUT2D eigenvalue weighted by Crippen LogP contribution is 2.37. The van der Waals surface area contributed by atoms with Gasteiger partial charge in [-0.05, 0) is 6.07 Å². The van der Waals surface area contributed by atoms with Gasteiger partial charge in [0.2, 0.25) is 5.91 Å². The van der Waals surface area contributed by atoms with Crippen molar-refractivity contribution in [3.8, 4) is 12.3 Å². The Hall–Kier alpha value is -2.39. The molecule has 0 bridgehead atoms. The third-order valence-corrected chi connectivity index (χ3v) is 3.92. The topological polar surface area (TPSA) is 91.1 Å². The second-order valence-corrected chi connectivity index (χ2v) is 5.65. The standard InChI is InChI=1S/C16H16ClN3O3/c1-2-3-9-16(19-20-16)10-8-13(21)18-14(15(22)23)11-6-4-5-7-12(11)17/h1,4-7,14H,3,8-10H2,(H,18,21)(H,22,23). The fourth-order valence-corrected chi connectivity index (χ4v) is 2.44. The lowest BCUT2D eigenvalue weighted by molar-refractivity contribution is -0.142. The van der Waals surface area contributed by atoms with E-state index in [4.69, 9.17) is 18.0 Å². The monoisotopic (exact) mass is 333 g/mol. The van der Waals surface area contributed by atoms with Gasteiger partial charge in [-0.15, -0.1) is 12.3 Å². The number of benzene rings is 1. The largest absolute Gasteiger partial charge is 0.479 e. The molecule has 1 atom stereocenters. The number of terminal acetylenes is 1. The molecule has 120 valence electrons. The van der Waals surface area contributed by atoms with E-state index in [9.17, 15) is 14.7 Å². The molecule has 2 rings (SSSR count). The van der Waals surface area contributed by atoms with E-state index in [0.717, 1.165) is 0 Å². The van der Waals surface area contributed by atoms with Crippen molar-refractivity contribution in [3.63, 3.8) is 0 Å². The van der Waals surface area contributed by atoms with Gasteiger partial charge in [-0.25, -0.2) is 4.79 Å². The molecule has 1 unspecified atom stereocenters. The Labute approximate surface area is 138 Å². The normalized spacial score (nSPS) is 15.5. The van der Waals surface area contributed by atoms with Crippen molar-refractivity contribution < 1.29 is 14.7 Å². The number of nitrogens with one attached hydrogen (secondary N) is 1. The van der Waals surface area contributed by atoms with Crippen LogP contribution >= 0.6 is 11.6 Å². The fraction of sp³-hybridized carbons (Fsp3) is 0.375. The second-order valence-electron chi connectivity index (χ2n) is 5.25. The highest BCUT2D eigenvalue weighted by Gasteiger charge is 2.39. The van der Waals surface area contributed by atoms with Crippen LogP contribution in [0.2, 0.25) is 5.02 Å². The Morgan fingerprint density at radius 3 is 2.61 bits per heavy atom. The molecule has 0 saturated carbocycles. The average Bonchev–Trinajstić information content (AvgIpc) is 3.30. The molecule has 23 heavy (non-hydrogen) atoms. The number of hydrogen-bond acceptors (Lipinski definition) is 4. The van der Waals surface area contributed by atoms with Crippen molar-refractivity contribution in [3.05, 3.63) is 34.9 Å². The Balaban J connectivity index is 1.93. The van der Waals surface area contributed by atoms with Crippen LogP contribution in [0.1, 0.15) is 37.3 Å². The number of halogens is 1. The lowest BCUT2D eigenvalue weighted by atomic mass is 10.0. The number of carbonyl (C=O) groups excluding carboxylic acids is 1. The van der Waals surface area contributed by atoms with Gasteiger partial charge < -0.3 is 10.4 Å². The molecule has 0 radical (unpaired) electrons. The van der Waals surface area contributed by atoms with E-state index >= 15 is 0 Å².